The molecule has 1 aliphatic heterocycles. The number of phosphoric ester groups is 3. The number of imidazole rings is 1. The molecule has 11 N–H and O–H groups in total. The first-order chi connectivity index (χ1) is 33.9. The molecule has 8 atom stereocenters. The standard InChI is InChI=1S/C43H78N7O18P3S/c1-4-5-6-7-8-9-10-11-12-13-14-15-16-17-18-19-20-21-31(51)26-34(53)72-25-24-45-33(52)22-23-46-41(56)38(55)43(2,3)28-65-71(62,63)68-70(60,61)64-27-32-37(67-69(57,58)59)36(54)42(66-32)50-30-49-35-39(44)47-29-48-40(35)50/h29-32,36-38,42,51,54-55H,4-28H2,1-3H3,(H,45,52)(H,46,56)(H,60,61)(H,62,63)(H2,44,47,48)(H2,57,58,59)/t31-,32+,36+,37+,38-,42+/m0/s1. The van der Waals surface area contributed by atoms with Gasteiger partial charge >= 0.3 is 23.5 Å². The van der Waals surface area contributed by atoms with Gasteiger partial charge < -0.3 is 56.0 Å². The number of nitrogen functional groups attached to an aromatic ring is 1. The second-order valence-corrected chi connectivity index (χ2v) is 24.0. The molecule has 25 nitrogen and oxygen atoms in total. The molecule has 0 radical (unpaired) electrons. The summed E-state index contributed by atoms with van der Waals surface area (Å²) in [6.07, 6.45) is 14.5. The van der Waals surface area contributed by atoms with Gasteiger partial charge in [-0.3, -0.25) is 32.5 Å². The maximum atomic E-state index is 12.8. The summed E-state index contributed by atoms with van der Waals surface area (Å²) in [6.45, 7) is 2.66. The number of amides is 2. The molecule has 29 heteroatoms. The highest BCUT2D eigenvalue weighted by atomic mass is 32.2. The lowest BCUT2D eigenvalue weighted by Gasteiger charge is -2.30. The predicted molar refractivity (Wildman–Crippen MR) is 267 cm³/mol. The van der Waals surface area contributed by atoms with Gasteiger partial charge in [-0.1, -0.05) is 142 Å². The normalized spacial score (nSPS) is 20.0. The van der Waals surface area contributed by atoms with Gasteiger partial charge in [0.05, 0.1) is 25.6 Å². The van der Waals surface area contributed by atoms with Gasteiger partial charge in [0.15, 0.2) is 22.8 Å². The summed E-state index contributed by atoms with van der Waals surface area (Å²) in [5.41, 5.74) is 4.26. The number of carbonyl (C=O) groups is 3. The van der Waals surface area contributed by atoms with E-state index >= 15 is 0 Å². The van der Waals surface area contributed by atoms with Crippen LogP contribution in [-0.2, 0) is 50.7 Å². The van der Waals surface area contributed by atoms with Crippen LogP contribution in [0.15, 0.2) is 12.7 Å². The Morgan fingerprint density at radius 3 is 1.99 bits per heavy atom. The molecule has 0 spiro atoms. The zero-order chi connectivity index (χ0) is 53.4. The summed E-state index contributed by atoms with van der Waals surface area (Å²) in [6, 6.07) is 0. The number of ether oxygens (including phenoxy) is 1. The van der Waals surface area contributed by atoms with Gasteiger partial charge in [-0.25, -0.2) is 28.6 Å². The van der Waals surface area contributed by atoms with Crippen LogP contribution in [0, 0.1) is 5.41 Å². The summed E-state index contributed by atoms with van der Waals surface area (Å²) in [5.74, 6) is -1.21. The van der Waals surface area contributed by atoms with Crippen LogP contribution in [0.25, 0.3) is 11.2 Å². The number of carbonyl (C=O) groups excluding carboxylic acids is 3. The third-order valence-corrected chi connectivity index (χ3v) is 15.8. The van der Waals surface area contributed by atoms with E-state index in [1.165, 1.54) is 104 Å². The van der Waals surface area contributed by atoms with Crippen molar-refractivity contribution in [3.63, 3.8) is 0 Å². The number of unbranched alkanes of at least 4 members (excludes halogenated alkanes) is 16. The van der Waals surface area contributed by atoms with Crippen molar-refractivity contribution in [3.05, 3.63) is 12.7 Å². The van der Waals surface area contributed by atoms with Gasteiger partial charge in [-0.2, -0.15) is 4.31 Å². The summed E-state index contributed by atoms with van der Waals surface area (Å²) in [4.78, 5) is 88.6. The Kier molecular flexibility index (Phi) is 28.5. The highest BCUT2D eigenvalue weighted by Crippen LogP contribution is 2.61. The molecule has 0 saturated carbocycles. The van der Waals surface area contributed by atoms with E-state index < -0.39 is 90.7 Å². The summed E-state index contributed by atoms with van der Waals surface area (Å²) in [7, 11) is -16.4. The number of rotatable bonds is 39. The third-order valence-electron chi connectivity index (χ3n) is 11.8. The second kappa shape index (κ2) is 32.2. The van der Waals surface area contributed by atoms with Crippen LogP contribution in [0.3, 0.4) is 0 Å². The van der Waals surface area contributed by atoms with Gasteiger partial charge in [0.2, 0.25) is 11.8 Å². The zero-order valence-corrected chi connectivity index (χ0v) is 45.0. The smallest absolute Gasteiger partial charge is 0.393 e. The molecule has 72 heavy (non-hydrogen) atoms. The van der Waals surface area contributed by atoms with Crippen molar-refractivity contribution >= 4 is 69.1 Å². The van der Waals surface area contributed by atoms with Gasteiger partial charge in [0, 0.05) is 37.1 Å². The zero-order valence-electron chi connectivity index (χ0n) is 41.5. The number of nitrogens with two attached hydrogens (primary N) is 1. The number of nitrogens with zero attached hydrogens (tertiary/aromatic N) is 4. The van der Waals surface area contributed by atoms with Crippen LogP contribution in [0.2, 0.25) is 0 Å². The Labute approximate surface area is 425 Å². The Morgan fingerprint density at radius 1 is 0.833 bits per heavy atom. The molecule has 0 aromatic carbocycles. The minimum atomic E-state index is -5.59. The van der Waals surface area contributed by atoms with Crippen molar-refractivity contribution in [2.45, 2.75) is 186 Å². The van der Waals surface area contributed by atoms with E-state index in [1.54, 1.807) is 0 Å². The molecule has 0 bridgehead atoms. The van der Waals surface area contributed by atoms with Crippen LogP contribution < -0.4 is 16.4 Å². The van der Waals surface area contributed by atoms with E-state index in [9.17, 15) is 63.0 Å². The number of thioether (sulfide) groups is 1. The first-order valence-corrected chi connectivity index (χ1v) is 30.2. The summed E-state index contributed by atoms with van der Waals surface area (Å²) >= 11 is 1.00. The molecule has 1 fully saturated rings. The molecule has 3 heterocycles. The number of aliphatic hydroxyl groups excluding tert-OH is 3. The van der Waals surface area contributed by atoms with Crippen molar-refractivity contribution in [1.29, 1.82) is 0 Å². The lowest BCUT2D eigenvalue weighted by molar-refractivity contribution is -0.137. The third kappa shape index (κ3) is 24.5. The topological polar surface area (TPSA) is 384 Å². The number of hydrogen-bond donors (Lipinski definition) is 10. The highest BCUT2D eigenvalue weighted by Gasteiger charge is 2.50. The number of aromatic nitrogens is 4. The van der Waals surface area contributed by atoms with E-state index in [1.807, 2.05) is 0 Å². The molecular formula is C43H78N7O18P3S. The van der Waals surface area contributed by atoms with Crippen LogP contribution in [0.1, 0.15) is 155 Å². The summed E-state index contributed by atoms with van der Waals surface area (Å²) in [5, 5.41) is 36.7. The van der Waals surface area contributed by atoms with Crippen LogP contribution in [0.4, 0.5) is 5.82 Å². The average Bonchev–Trinajstić information content (AvgIpc) is 3.86. The number of phosphoric acid groups is 3. The molecule has 1 saturated heterocycles. The van der Waals surface area contributed by atoms with Crippen LogP contribution in [-0.4, -0.2) is 134 Å². The van der Waals surface area contributed by atoms with Gasteiger partial charge in [-0.05, 0) is 6.42 Å². The highest BCUT2D eigenvalue weighted by molar-refractivity contribution is 8.13. The Morgan fingerprint density at radius 2 is 1.40 bits per heavy atom. The number of nitrogens with one attached hydrogen (secondary N) is 2. The molecule has 2 amide bonds. The van der Waals surface area contributed by atoms with Crippen molar-refractivity contribution in [2.24, 2.45) is 5.41 Å². The van der Waals surface area contributed by atoms with Gasteiger partial charge in [-0.15, -0.1) is 0 Å². The molecule has 1 aliphatic rings. The van der Waals surface area contributed by atoms with Crippen LogP contribution >= 0.6 is 35.2 Å². The second-order valence-electron chi connectivity index (χ2n) is 18.6. The van der Waals surface area contributed by atoms with E-state index in [0.29, 0.717) is 6.42 Å². The van der Waals surface area contributed by atoms with E-state index in [4.69, 9.17) is 19.5 Å². The van der Waals surface area contributed by atoms with E-state index in [2.05, 4.69) is 41.3 Å². The molecular weight excluding hydrogens is 1030 g/mol. The van der Waals surface area contributed by atoms with Crippen molar-refractivity contribution < 1.29 is 85.6 Å². The number of fused-ring (bicyclic) bond motifs is 1. The fourth-order valence-corrected chi connectivity index (χ4v) is 11.3. The number of hydrogen-bond acceptors (Lipinski definition) is 19. The Bertz CT molecular complexity index is 2100. The lowest BCUT2D eigenvalue weighted by Crippen LogP contribution is -2.46. The van der Waals surface area contributed by atoms with E-state index in [0.717, 1.165) is 48.2 Å². The first kappa shape index (κ1) is 63.8. The molecule has 0 aliphatic carbocycles. The fraction of sp³-hybridized carbons (Fsp3) is 0.814. The first-order valence-electron chi connectivity index (χ1n) is 24.7. The number of anilines is 1. The quantitative estimate of drug-likeness (QED) is 0.0293. The minimum Gasteiger partial charge on any atom is -0.393 e. The molecule has 3 rings (SSSR count). The maximum Gasteiger partial charge on any atom is 0.481 e. The van der Waals surface area contributed by atoms with Crippen molar-refractivity contribution in [1.82, 2.24) is 30.2 Å². The van der Waals surface area contributed by atoms with E-state index in [-0.39, 0.29) is 53.8 Å². The van der Waals surface area contributed by atoms with Crippen LogP contribution in [0.5, 0.6) is 0 Å². The fourth-order valence-electron chi connectivity index (χ4n) is 7.75. The molecule has 2 aromatic rings. The minimum absolute atomic E-state index is 0.0271. The van der Waals surface area contributed by atoms with Crippen molar-refractivity contribution in [3.8, 4) is 0 Å². The molecule has 2 aromatic heterocycles. The summed E-state index contributed by atoms with van der Waals surface area (Å²) < 4.78 is 62.5. The SMILES string of the molecule is CCCCCCCCCCCCCCCCCCC[C@H](O)CC(=O)SCCNC(=O)CCNC(=O)[C@H](O)C(C)(C)COP(=O)(O)OP(=O)(O)OC[C@H]1O[C@@H](n2cnc3c(N)ncnc32)[C@H](O)[C@@H]1OP(=O)(O)O. The van der Waals surface area contributed by atoms with Gasteiger partial charge in [0.1, 0.15) is 36.3 Å². The predicted octanol–water partition coefficient (Wildman–Crippen LogP) is 5.46. The average molecular weight is 1110 g/mol. The van der Waals surface area contributed by atoms with Crippen molar-refractivity contribution in [2.75, 3.05) is 37.8 Å². The molecule has 414 valence electrons. The monoisotopic (exact) mass is 1110 g/mol. The Hall–Kier alpha value is -2.48. The number of aliphatic hydroxyl groups is 3. The molecule has 2 unspecified atom stereocenters. The maximum absolute atomic E-state index is 12.8. The largest absolute Gasteiger partial charge is 0.481 e. The van der Waals surface area contributed by atoms with Gasteiger partial charge in [0.25, 0.3) is 0 Å². The Balaban J connectivity index is 1.26. The lowest BCUT2D eigenvalue weighted by atomic mass is 9.87.